The van der Waals surface area contributed by atoms with E-state index < -0.39 is 6.03 Å². The standard InChI is InChI=1S/C28H15N5O4S/c1-3-4-5-6-7-8-9-10-11-12-13-14-15-16-17-29-27(36)31-23-20-25(35)26(21-24(23)34)38-28-30-22-33(32-28)18-19-37-2/h1,20-22H,18-19H2,2H3,(H4,29,31,34,35,36)/p+1. The van der Waals surface area contributed by atoms with Gasteiger partial charge in [0, 0.05) is 60.7 Å². The number of carbonyl (C=O) groups is 1. The molecule has 2 amide bonds. The second-order valence-electron chi connectivity index (χ2n) is 6.26. The molecule has 0 aliphatic carbocycles. The first-order chi connectivity index (χ1) is 18.5. The lowest BCUT2D eigenvalue weighted by Gasteiger charge is -2.09. The number of nitrogens with zero attached hydrogens (tertiary/aromatic N) is 2. The minimum absolute atomic E-state index is 0.0224. The number of anilines is 1. The molecule has 0 atom stereocenters. The SMILES string of the molecule is C#CC#CC#CC#CC#CC#CC#CC#CNC(=O)Nc1cc(O)c(Sc2nc[n+](CCOC)[nH]2)cc1O. The molecule has 0 saturated heterocycles. The van der Waals surface area contributed by atoms with E-state index in [0.717, 1.165) is 11.8 Å². The summed E-state index contributed by atoms with van der Waals surface area (Å²) in [4.78, 5) is 16.5. The minimum atomic E-state index is -0.747. The summed E-state index contributed by atoms with van der Waals surface area (Å²) in [6.07, 6.45) is 6.51. The summed E-state index contributed by atoms with van der Waals surface area (Å²) in [5, 5.41) is 28.6. The number of rotatable bonds is 6. The summed E-state index contributed by atoms with van der Waals surface area (Å²) in [5.41, 5.74) is -0.0224. The van der Waals surface area contributed by atoms with Crippen LogP contribution in [0.25, 0.3) is 0 Å². The highest BCUT2D eigenvalue weighted by molar-refractivity contribution is 7.99. The van der Waals surface area contributed by atoms with E-state index in [1.165, 1.54) is 12.1 Å². The number of amides is 2. The van der Waals surface area contributed by atoms with Gasteiger partial charge in [-0.3, -0.25) is 5.32 Å². The van der Waals surface area contributed by atoms with Crippen molar-refractivity contribution in [2.75, 3.05) is 19.0 Å². The summed E-state index contributed by atoms with van der Waals surface area (Å²) >= 11 is 1.10. The molecule has 0 unspecified atom stereocenters. The van der Waals surface area contributed by atoms with Gasteiger partial charge in [0.1, 0.15) is 18.0 Å². The first-order valence-corrected chi connectivity index (χ1v) is 11.0. The lowest BCUT2D eigenvalue weighted by atomic mass is 10.2. The topological polar surface area (TPSA) is 123 Å². The first-order valence-electron chi connectivity index (χ1n) is 10.2. The van der Waals surface area contributed by atoms with Crippen molar-refractivity contribution in [3.8, 4) is 107 Å². The van der Waals surface area contributed by atoms with Crippen molar-refractivity contribution < 1.29 is 24.4 Å². The molecule has 0 fully saturated rings. The number of nitrogens with one attached hydrogen (secondary N) is 3. The van der Waals surface area contributed by atoms with Crippen molar-refractivity contribution >= 4 is 23.5 Å². The van der Waals surface area contributed by atoms with Gasteiger partial charge in [-0.1, -0.05) is 0 Å². The maximum atomic E-state index is 12.0. The Balaban J connectivity index is 1.86. The molecule has 0 spiro atoms. The van der Waals surface area contributed by atoms with E-state index in [9.17, 15) is 15.0 Å². The molecule has 9 nitrogen and oxygen atoms in total. The Labute approximate surface area is 224 Å². The van der Waals surface area contributed by atoms with Gasteiger partial charge in [0.25, 0.3) is 0 Å². The molecule has 1 aromatic carbocycles. The number of terminal acetylenes is 1. The number of ether oxygens (including phenoxy) is 1. The summed E-state index contributed by atoms with van der Waals surface area (Å²) in [6.45, 7) is 1.08. The van der Waals surface area contributed by atoms with E-state index in [0.29, 0.717) is 23.2 Å². The van der Waals surface area contributed by atoms with Gasteiger partial charge in [-0.05, 0) is 64.3 Å². The highest BCUT2D eigenvalue weighted by atomic mass is 32.2. The molecule has 0 saturated carbocycles. The first kappa shape index (κ1) is 28.3. The van der Waals surface area contributed by atoms with Crippen LogP contribution in [0.15, 0.2) is 28.5 Å². The van der Waals surface area contributed by atoms with Gasteiger partial charge in [0.2, 0.25) is 0 Å². The smallest absolute Gasteiger partial charge is 0.330 e. The van der Waals surface area contributed by atoms with Crippen LogP contribution >= 0.6 is 11.8 Å². The number of phenols is 2. The third-order valence-corrected chi connectivity index (χ3v) is 4.62. The Hall–Kier alpha value is -5.98. The third-order valence-electron chi connectivity index (χ3n) is 3.68. The number of urea groups is 1. The average molecular weight is 519 g/mol. The predicted molar refractivity (Wildman–Crippen MR) is 140 cm³/mol. The van der Waals surface area contributed by atoms with Crippen LogP contribution < -0.4 is 15.3 Å². The molecule has 5 N–H and O–H groups in total. The van der Waals surface area contributed by atoms with E-state index in [4.69, 9.17) is 11.2 Å². The van der Waals surface area contributed by atoms with Crippen LogP contribution in [0.3, 0.4) is 0 Å². The van der Waals surface area contributed by atoms with Crippen molar-refractivity contribution in [2.45, 2.75) is 16.6 Å². The van der Waals surface area contributed by atoms with Crippen LogP contribution in [-0.4, -0.2) is 40.0 Å². The molecule has 0 radical (unpaired) electrons. The zero-order valence-corrected chi connectivity index (χ0v) is 20.6. The number of aromatic amines is 1. The molecular formula is C28H16N5O4S+. The Morgan fingerprint density at radius 2 is 1.61 bits per heavy atom. The number of hydrogen-bond donors (Lipinski definition) is 5. The summed E-state index contributed by atoms with van der Waals surface area (Å²) in [7, 11) is 1.59. The molecule has 2 rings (SSSR count). The molecule has 0 aliphatic heterocycles. The number of aromatic hydroxyl groups is 2. The van der Waals surface area contributed by atoms with Gasteiger partial charge in [0.15, 0.2) is 0 Å². The molecule has 0 aliphatic rings. The maximum Gasteiger partial charge on any atom is 0.330 e. The Morgan fingerprint density at radius 3 is 2.21 bits per heavy atom. The van der Waals surface area contributed by atoms with E-state index in [2.05, 4.69) is 110 Å². The lowest BCUT2D eigenvalue weighted by molar-refractivity contribution is -0.754. The molecule has 2 aromatic rings. The van der Waals surface area contributed by atoms with Crippen LogP contribution in [0, 0.1) is 95.4 Å². The maximum absolute atomic E-state index is 12.0. The monoisotopic (exact) mass is 518 g/mol. The van der Waals surface area contributed by atoms with Crippen molar-refractivity contribution in [3.05, 3.63) is 18.5 Å². The fourth-order valence-electron chi connectivity index (χ4n) is 2.15. The molecular weight excluding hydrogens is 502 g/mol. The van der Waals surface area contributed by atoms with Gasteiger partial charge in [0.05, 0.1) is 17.2 Å². The van der Waals surface area contributed by atoms with Crippen LogP contribution in [-0.2, 0) is 11.3 Å². The van der Waals surface area contributed by atoms with Gasteiger partial charge in [-0.25, -0.2) is 4.79 Å². The fourth-order valence-corrected chi connectivity index (χ4v) is 2.96. The van der Waals surface area contributed by atoms with Crippen molar-refractivity contribution in [1.82, 2.24) is 15.4 Å². The number of H-pyrrole nitrogens is 1. The molecule has 182 valence electrons. The summed E-state index contributed by atoms with van der Waals surface area (Å²) in [6, 6.07) is 4.07. The number of phenolic OH excluding ortho intramolecular Hbond substituents is 2. The predicted octanol–water partition coefficient (Wildman–Crippen LogP) is 0.642. The van der Waals surface area contributed by atoms with Crippen LogP contribution in [0.1, 0.15) is 0 Å². The van der Waals surface area contributed by atoms with Crippen LogP contribution in [0.2, 0.25) is 0 Å². The van der Waals surface area contributed by atoms with Gasteiger partial charge in [-0.15, -0.1) is 6.42 Å². The van der Waals surface area contributed by atoms with Gasteiger partial charge >= 0.3 is 17.5 Å². The quantitative estimate of drug-likeness (QED) is 0.126. The number of carbonyl (C=O) groups excluding carboxylic acids is 1. The number of benzene rings is 1. The Bertz CT molecular complexity index is 1690. The highest BCUT2D eigenvalue weighted by Gasteiger charge is 2.16. The molecule has 10 heteroatoms. The molecule has 0 bridgehead atoms. The summed E-state index contributed by atoms with van der Waals surface area (Å²) < 4.78 is 6.71. The van der Waals surface area contributed by atoms with E-state index in [-0.39, 0.29) is 17.2 Å². The Morgan fingerprint density at radius 1 is 1.00 bits per heavy atom. The fraction of sp³-hybridized carbons (Fsp3) is 0.107. The van der Waals surface area contributed by atoms with Gasteiger partial charge < -0.3 is 20.3 Å². The van der Waals surface area contributed by atoms with E-state index in [1.807, 2.05) is 0 Å². The largest absolute Gasteiger partial charge is 0.507 e. The highest BCUT2D eigenvalue weighted by Crippen LogP contribution is 2.39. The zero-order valence-electron chi connectivity index (χ0n) is 19.7. The second kappa shape index (κ2) is 16.6. The molecule has 1 aromatic heterocycles. The van der Waals surface area contributed by atoms with E-state index in [1.54, 1.807) is 18.1 Å². The zero-order chi connectivity index (χ0) is 27.4. The number of hydrogen-bond acceptors (Lipinski definition) is 6. The average Bonchev–Trinajstić information content (AvgIpc) is 3.35. The van der Waals surface area contributed by atoms with Crippen LogP contribution in [0.4, 0.5) is 10.5 Å². The van der Waals surface area contributed by atoms with Gasteiger partial charge in [-0.2, -0.15) is 9.78 Å². The Kier molecular flexibility index (Phi) is 12.4. The van der Waals surface area contributed by atoms with Crippen molar-refractivity contribution in [3.63, 3.8) is 0 Å². The second-order valence-corrected chi connectivity index (χ2v) is 7.29. The number of methoxy groups -OCH3 is 1. The van der Waals surface area contributed by atoms with Crippen molar-refractivity contribution in [2.24, 2.45) is 0 Å². The summed E-state index contributed by atoms with van der Waals surface area (Å²) in [5.74, 6) is 33.2. The third kappa shape index (κ3) is 11.0. The van der Waals surface area contributed by atoms with E-state index >= 15 is 0 Å². The lowest BCUT2D eigenvalue weighted by Crippen LogP contribution is -2.37. The number of aromatic nitrogens is 3. The molecule has 1 heterocycles. The normalized spacial score (nSPS) is 7.89. The van der Waals surface area contributed by atoms with Crippen LogP contribution in [0.5, 0.6) is 11.5 Å². The van der Waals surface area contributed by atoms with Crippen molar-refractivity contribution in [1.29, 1.82) is 0 Å². The molecule has 38 heavy (non-hydrogen) atoms. The minimum Gasteiger partial charge on any atom is -0.507 e.